The minimum absolute atomic E-state index is 0.0757. The second-order valence-corrected chi connectivity index (χ2v) is 4.36. The molecule has 1 aromatic rings. The van der Waals surface area contributed by atoms with Crippen LogP contribution in [0, 0.1) is 5.92 Å². The van der Waals surface area contributed by atoms with Gasteiger partial charge >= 0.3 is 6.03 Å². The number of carbonyl (C=O) groups excluding carboxylic acids is 1. The standard InChI is InChI=1S/C13H20N2O3/c1-9(2)12(8-16)15-13(17)14-10-4-6-11(18-3)7-5-10/h4-7,9,12,16H,8H2,1-3H3,(H2,14,15,17)/t12-/m1/s1. The molecule has 0 aromatic heterocycles. The van der Waals surface area contributed by atoms with Gasteiger partial charge in [0.25, 0.3) is 0 Å². The molecule has 1 atom stereocenters. The van der Waals surface area contributed by atoms with Crippen molar-refractivity contribution in [1.82, 2.24) is 5.32 Å². The summed E-state index contributed by atoms with van der Waals surface area (Å²) >= 11 is 0. The van der Waals surface area contributed by atoms with Crippen molar-refractivity contribution in [3.8, 4) is 5.75 Å². The van der Waals surface area contributed by atoms with E-state index in [-0.39, 0.29) is 24.6 Å². The third kappa shape index (κ3) is 4.25. The average molecular weight is 252 g/mol. The molecule has 0 heterocycles. The molecule has 0 fully saturated rings. The van der Waals surface area contributed by atoms with Crippen molar-refractivity contribution in [1.29, 1.82) is 0 Å². The predicted molar refractivity (Wildman–Crippen MR) is 70.9 cm³/mol. The summed E-state index contributed by atoms with van der Waals surface area (Å²) in [6, 6.07) is 6.46. The van der Waals surface area contributed by atoms with E-state index < -0.39 is 0 Å². The highest BCUT2D eigenvalue weighted by molar-refractivity contribution is 5.89. The van der Waals surface area contributed by atoms with Crippen LogP contribution in [-0.2, 0) is 0 Å². The maximum atomic E-state index is 11.7. The molecule has 1 aromatic carbocycles. The number of benzene rings is 1. The molecule has 5 nitrogen and oxygen atoms in total. The number of rotatable bonds is 5. The Morgan fingerprint density at radius 1 is 1.33 bits per heavy atom. The highest BCUT2D eigenvalue weighted by Gasteiger charge is 2.14. The van der Waals surface area contributed by atoms with Gasteiger partial charge in [-0.2, -0.15) is 0 Å². The van der Waals surface area contributed by atoms with Crippen LogP contribution in [-0.4, -0.2) is 30.9 Å². The lowest BCUT2D eigenvalue weighted by molar-refractivity contribution is 0.204. The Labute approximate surface area is 107 Å². The Morgan fingerprint density at radius 3 is 2.39 bits per heavy atom. The lowest BCUT2D eigenvalue weighted by Gasteiger charge is -2.20. The van der Waals surface area contributed by atoms with Gasteiger partial charge < -0.3 is 20.5 Å². The Morgan fingerprint density at radius 2 is 1.94 bits per heavy atom. The monoisotopic (exact) mass is 252 g/mol. The third-order valence-corrected chi connectivity index (χ3v) is 2.67. The fraction of sp³-hybridized carbons (Fsp3) is 0.462. The van der Waals surface area contributed by atoms with Crippen LogP contribution >= 0.6 is 0 Å². The molecule has 0 saturated heterocycles. The van der Waals surface area contributed by atoms with Crippen molar-refractivity contribution in [3.63, 3.8) is 0 Å². The predicted octanol–water partition coefficient (Wildman–Crippen LogP) is 1.83. The van der Waals surface area contributed by atoms with E-state index in [2.05, 4.69) is 10.6 Å². The first-order valence-electron chi connectivity index (χ1n) is 5.89. The first-order chi connectivity index (χ1) is 8.56. The molecule has 2 amide bonds. The molecule has 0 unspecified atom stereocenters. The van der Waals surface area contributed by atoms with Crippen LogP contribution < -0.4 is 15.4 Å². The molecule has 0 bridgehead atoms. The largest absolute Gasteiger partial charge is 0.497 e. The van der Waals surface area contributed by atoms with Crippen LogP contribution in [0.3, 0.4) is 0 Å². The summed E-state index contributed by atoms with van der Waals surface area (Å²) in [5.74, 6) is 0.910. The molecule has 0 saturated carbocycles. The second kappa shape index (κ2) is 6.86. The fourth-order valence-corrected chi connectivity index (χ4v) is 1.43. The van der Waals surface area contributed by atoms with Gasteiger partial charge in [0, 0.05) is 5.69 Å². The number of methoxy groups -OCH3 is 1. The highest BCUT2D eigenvalue weighted by atomic mass is 16.5. The SMILES string of the molecule is COc1ccc(NC(=O)N[C@H](CO)C(C)C)cc1. The number of amides is 2. The van der Waals surface area contributed by atoms with Crippen LogP contribution in [0.25, 0.3) is 0 Å². The minimum Gasteiger partial charge on any atom is -0.497 e. The summed E-state index contributed by atoms with van der Waals surface area (Å²) < 4.78 is 5.03. The van der Waals surface area contributed by atoms with Gasteiger partial charge in [-0.05, 0) is 30.2 Å². The molecule has 5 heteroatoms. The molecule has 1 rings (SSSR count). The van der Waals surface area contributed by atoms with E-state index in [1.807, 2.05) is 13.8 Å². The van der Waals surface area contributed by atoms with Crippen LogP contribution in [0.1, 0.15) is 13.8 Å². The topological polar surface area (TPSA) is 70.6 Å². The van der Waals surface area contributed by atoms with Crippen molar-refractivity contribution in [2.24, 2.45) is 5.92 Å². The average Bonchev–Trinajstić information content (AvgIpc) is 2.36. The molecular formula is C13H20N2O3. The Bertz CT molecular complexity index is 376. The molecule has 18 heavy (non-hydrogen) atoms. The molecule has 3 N–H and O–H groups in total. The quantitative estimate of drug-likeness (QED) is 0.748. The maximum absolute atomic E-state index is 11.7. The number of anilines is 1. The van der Waals surface area contributed by atoms with Gasteiger partial charge in [-0.25, -0.2) is 4.79 Å². The first-order valence-corrected chi connectivity index (χ1v) is 5.89. The number of hydrogen-bond donors (Lipinski definition) is 3. The minimum atomic E-state index is -0.326. The number of aliphatic hydroxyl groups is 1. The first kappa shape index (κ1) is 14.3. The van der Waals surface area contributed by atoms with E-state index in [0.29, 0.717) is 5.69 Å². The van der Waals surface area contributed by atoms with Gasteiger partial charge in [0.15, 0.2) is 0 Å². The lowest BCUT2D eigenvalue weighted by Crippen LogP contribution is -2.43. The maximum Gasteiger partial charge on any atom is 0.319 e. The van der Waals surface area contributed by atoms with Crippen molar-refractivity contribution >= 4 is 11.7 Å². The van der Waals surface area contributed by atoms with E-state index in [4.69, 9.17) is 9.84 Å². The zero-order valence-corrected chi connectivity index (χ0v) is 10.9. The van der Waals surface area contributed by atoms with Crippen LogP contribution in [0.4, 0.5) is 10.5 Å². The summed E-state index contributed by atoms with van der Waals surface area (Å²) in [6.07, 6.45) is 0. The van der Waals surface area contributed by atoms with Crippen LogP contribution in [0.5, 0.6) is 5.75 Å². The summed E-state index contributed by atoms with van der Waals surface area (Å²) in [4.78, 5) is 11.7. The van der Waals surface area contributed by atoms with E-state index in [1.54, 1.807) is 31.4 Å². The smallest absolute Gasteiger partial charge is 0.319 e. The number of aliphatic hydroxyl groups excluding tert-OH is 1. The zero-order chi connectivity index (χ0) is 13.5. The van der Waals surface area contributed by atoms with E-state index in [1.165, 1.54) is 0 Å². The van der Waals surface area contributed by atoms with Gasteiger partial charge in [0.2, 0.25) is 0 Å². The number of ether oxygens (including phenoxy) is 1. The van der Waals surface area contributed by atoms with Gasteiger partial charge in [0.05, 0.1) is 19.8 Å². The number of hydrogen-bond acceptors (Lipinski definition) is 3. The Balaban J connectivity index is 2.53. The van der Waals surface area contributed by atoms with Crippen molar-refractivity contribution in [2.75, 3.05) is 19.0 Å². The molecule has 100 valence electrons. The van der Waals surface area contributed by atoms with E-state index in [0.717, 1.165) is 5.75 Å². The van der Waals surface area contributed by atoms with Crippen LogP contribution in [0.2, 0.25) is 0 Å². The summed E-state index contributed by atoms with van der Waals surface area (Å²) in [6.45, 7) is 3.80. The normalized spacial score (nSPS) is 12.1. The van der Waals surface area contributed by atoms with Crippen LogP contribution in [0.15, 0.2) is 24.3 Å². The highest BCUT2D eigenvalue weighted by Crippen LogP contribution is 2.14. The Kier molecular flexibility index (Phi) is 5.45. The zero-order valence-electron chi connectivity index (χ0n) is 10.9. The van der Waals surface area contributed by atoms with Gasteiger partial charge in [-0.3, -0.25) is 0 Å². The molecular weight excluding hydrogens is 232 g/mol. The second-order valence-electron chi connectivity index (χ2n) is 4.36. The molecule has 0 radical (unpaired) electrons. The van der Waals surface area contributed by atoms with Crippen molar-refractivity contribution < 1.29 is 14.6 Å². The summed E-state index contributed by atoms with van der Waals surface area (Å²) in [5.41, 5.74) is 0.675. The molecule has 0 aliphatic heterocycles. The Hall–Kier alpha value is -1.75. The lowest BCUT2D eigenvalue weighted by atomic mass is 10.1. The number of urea groups is 1. The third-order valence-electron chi connectivity index (χ3n) is 2.67. The summed E-state index contributed by atoms with van der Waals surface area (Å²) in [5, 5.41) is 14.5. The molecule has 0 spiro atoms. The van der Waals surface area contributed by atoms with Crippen molar-refractivity contribution in [3.05, 3.63) is 24.3 Å². The number of nitrogens with one attached hydrogen (secondary N) is 2. The van der Waals surface area contributed by atoms with Gasteiger partial charge in [-0.1, -0.05) is 13.8 Å². The van der Waals surface area contributed by atoms with Gasteiger partial charge in [0.1, 0.15) is 5.75 Å². The molecule has 0 aliphatic carbocycles. The van der Waals surface area contributed by atoms with E-state index in [9.17, 15) is 4.79 Å². The van der Waals surface area contributed by atoms with Crippen molar-refractivity contribution in [2.45, 2.75) is 19.9 Å². The number of carbonyl (C=O) groups is 1. The van der Waals surface area contributed by atoms with E-state index >= 15 is 0 Å². The van der Waals surface area contributed by atoms with Gasteiger partial charge in [-0.15, -0.1) is 0 Å². The fourth-order valence-electron chi connectivity index (χ4n) is 1.43. The summed E-state index contributed by atoms with van der Waals surface area (Å²) in [7, 11) is 1.59. The molecule has 0 aliphatic rings.